The van der Waals surface area contributed by atoms with E-state index >= 15 is 0 Å². The van der Waals surface area contributed by atoms with Crippen molar-refractivity contribution in [2.75, 3.05) is 0 Å². The van der Waals surface area contributed by atoms with E-state index in [1.807, 2.05) is 22.7 Å². The van der Waals surface area contributed by atoms with Crippen molar-refractivity contribution in [3.05, 3.63) is 22.1 Å². The van der Waals surface area contributed by atoms with Crippen molar-refractivity contribution in [3.8, 4) is 0 Å². The Morgan fingerprint density at radius 1 is 0.833 bits per heavy atom. The average molecular weight is 408 g/mol. The summed E-state index contributed by atoms with van der Waals surface area (Å²) in [6.45, 7) is 6.71. The van der Waals surface area contributed by atoms with Crippen LogP contribution in [0.25, 0.3) is 20.4 Å². The first-order chi connectivity index (χ1) is 7.75. The van der Waals surface area contributed by atoms with Crippen LogP contribution in [0.4, 0.5) is 0 Å². The summed E-state index contributed by atoms with van der Waals surface area (Å²) in [7, 11) is 0. The molecule has 0 bridgehead atoms. The number of nitrogens with zero attached hydrogens (tertiary/aromatic N) is 2. The summed E-state index contributed by atoms with van der Waals surface area (Å²) in [4.78, 5) is 0. The Balaban J connectivity index is 0.000000602. The number of benzene rings is 1. The molecule has 0 unspecified atom stereocenters. The zero-order valence-electron chi connectivity index (χ0n) is 10.0. The number of rotatable bonds is 0. The predicted octanol–water partition coefficient (Wildman–Crippen LogP) is -3.67. The molecule has 2 nitrogen and oxygen atoms in total. The van der Waals surface area contributed by atoms with Gasteiger partial charge in [0, 0.05) is 13.8 Å². The highest BCUT2D eigenvalue weighted by Crippen LogP contribution is 2.31. The molecular weight excluding hydrogens is 396 g/mol. The third-order valence-corrected chi connectivity index (χ3v) is 5.57. The van der Waals surface area contributed by atoms with Gasteiger partial charge < -0.3 is 34.0 Å². The van der Waals surface area contributed by atoms with Crippen molar-refractivity contribution in [1.82, 2.24) is 0 Å². The lowest BCUT2D eigenvalue weighted by Gasteiger charge is -2.01. The zero-order valence-corrected chi connectivity index (χ0v) is 14.8. The number of hydrogen-bond donors (Lipinski definition) is 0. The Labute approximate surface area is 134 Å². The Morgan fingerprint density at radius 2 is 1.22 bits per heavy atom. The van der Waals surface area contributed by atoms with Gasteiger partial charge in [-0.2, -0.15) is 9.13 Å². The average Bonchev–Trinajstić information content (AvgIpc) is 2.76. The molecule has 0 fully saturated rings. The van der Waals surface area contributed by atoms with Gasteiger partial charge in [-0.05, 0) is 12.1 Å². The predicted molar refractivity (Wildman–Crippen MR) is 67.1 cm³/mol. The van der Waals surface area contributed by atoms with E-state index < -0.39 is 0 Å². The van der Waals surface area contributed by atoms with Gasteiger partial charge in [0.15, 0.2) is 0 Å². The molecule has 0 amide bonds. The van der Waals surface area contributed by atoms with E-state index in [0.717, 1.165) is 13.1 Å². The third kappa shape index (κ3) is 1.69. The fourth-order valence-corrected chi connectivity index (χ4v) is 4.81. The number of aromatic nitrogens is 2. The first-order valence-corrected chi connectivity index (χ1v) is 7.14. The van der Waals surface area contributed by atoms with Gasteiger partial charge in [0.05, 0.1) is 0 Å². The molecule has 18 heavy (non-hydrogen) atoms. The number of hydrogen-bond acceptors (Lipinski definition) is 2. The van der Waals surface area contributed by atoms with E-state index in [0.29, 0.717) is 0 Å². The zero-order chi connectivity index (χ0) is 10.9. The summed E-state index contributed by atoms with van der Waals surface area (Å²) in [5.74, 6) is 0. The van der Waals surface area contributed by atoms with Crippen LogP contribution in [0.15, 0.2) is 12.1 Å². The number of halogens is 2. The highest BCUT2D eigenvalue weighted by Gasteiger charge is 2.34. The highest BCUT2D eigenvalue weighted by molar-refractivity contribution is 7.19. The van der Waals surface area contributed by atoms with Crippen LogP contribution in [0.5, 0.6) is 0 Å². The van der Waals surface area contributed by atoms with Crippen LogP contribution in [0, 0.1) is 13.8 Å². The van der Waals surface area contributed by atoms with Gasteiger partial charge >= 0.3 is 0 Å². The van der Waals surface area contributed by atoms with E-state index in [1.54, 1.807) is 0 Å². The molecule has 0 atom stereocenters. The lowest BCUT2D eigenvalue weighted by atomic mass is 10.2. The van der Waals surface area contributed by atoms with Gasteiger partial charge in [0.2, 0.25) is 23.1 Å². The molecule has 3 heterocycles. The molecule has 6 heteroatoms. The van der Waals surface area contributed by atoms with Crippen LogP contribution in [0.1, 0.15) is 10.0 Å². The van der Waals surface area contributed by atoms with Crippen molar-refractivity contribution >= 4 is 43.1 Å². The molecule has 1 aromatic carbocycles. The van der Waals surface area contributed by atoms with Crippen LogP contribution in [-0.2, 0) is 13.1 Å². The largest absolute Gasteiger partial charge is 1.00 e. The van der Waals surface area contributed by atoms with Gasteiger partial charge in [-0.15, -0.1) is 0 Å². The van der Waals surface area contributed by atoms with E-state index in [9.17, 15) is 0 Å². The molecule has 0 saturated heterocycles. The van der Waals surface area contributed by atoms with E-state index in [2.05, 4.69) is 35.1 Å². The molecule has 0 saturated carbocycles. The molecule has 0 N–H and O–H groups in total. The summed E-state index contributed by atoms with van der Waals surface area (Å²) in [5, 5.41) is 2.86. The Hall–Kier alpha value is -0.0400. The van der Waals surface area contributed by atoms with Crippen LogP contribution >= 0.6 is 22.7 Å². The number of aryl methyl sites for hydroxylation is 4. The summed E-state index contributed by atoms with van der Waals surface area (Å²) in [6.07, 6.45) is 0. The standard InChI is InChI=1S/C12H12N2S2.2BrH/c1-7-13-5-6-14-8(2)16-10-4-3-9(15-7)11(13)12(10)14;;/h3-4H,5-6H2,1-2H3;2*1H/q+2;;/p-2. The second kappa shape index (κ2) is 4.81. The van der Waals surface area contributed by atoms with Crippen molar-refractivity contribution in [2.45, 2.75) is 26.9 Å². The van der Waals surface area contributed by atoms with Crippen LogP contribution in [-0.4, -0.2) is 0 Å². The fourth-order valence-electron chi connectivity index (χ4n) is 2.71. The van der Waals surface area contributed by atoms with Crippen LogP contribution in [0.2, 0.25) is 0 Å². The van der Waals surface area contributed by atoms with Crippen LogP contribution in [0.3, 0.4) is 0 Å². The Bertz CT molecular complexity index is 682. The van der Waals surface area contributed by atoms with Crippen molar-refractivity contribution in [3.63, 3.8) is 0 Å². The molecular formula is C12H12Br2N2S2. The Morgan fingerprint density at radius 3 is 1.61 bits per heavy atom. The maximum Gasteiger partial charge on any atom is 0.297 e. The molecule has 0 aliphatic carbocycles. The molecule has 2 aromatic heterocycles. The number of thiazole rings is 2. The van der Waals surface area contributed by atoms with Gasteiger partial charge in [-0.1, -0.05) is 22.7 Å². The van der Waals surface area contributed by atoms with Gasteiger partial charge in [0.1, 0.15) is 9.40 Å². The monoisotopic (exact) mass is 406 g/mol. The smallest absolute Gasteiger partial charge is 0.297 e. The van der Waals surface area contributed by atoms with Crippen molar-refractivity contribution in [1.29, 1.82) is 0 Å². The van der Waals surface area contributed by atoms with Crippen LogP contribution < -0.4 is 43.1 Å². The topological polar surface area (TPSA) is 7.76 Å². The molecule has 0 spiro atoms. The maximum absolute atomic E-state index is 2.48. The summed E-state index contributed by atoms with van der Waals surface area (Å²) in [5.41, 5.74) is 2.91. The maximum atomic E-state index is 2.48. The molecule has 1 aliphatic heterocycles. The lowest BCUT2D eigenvalue weighted by molar-refractivity contribution is -0.772. The minimum absolute atomic E-state index is 0. The van der Waals surface area contributed by atoms with Gasteiger partial charge in [-0.3, -0.25) is 0 Å². The molecule has 3 aromatic rings. The van der Waals surface area contributed by atoms with E-state index in [4.69, 9.17) is 0 Å². The highest BCUT2D eigenvalue weighted by atomic mass is 79.9. The van der Waals surface area contributed by atoms with E-state index in [1.165, 1.54) is 30.4 Å². The molecule has 1 aliphatic rings. The third-order valence-electron chi connectivity index (χ3n) is 3.44. The molecule has 96 valence electrons. The van der Waals surface area contributed by atoms with E-state index in [-0.39, 0.29) is 34.0 Å². The minimum atomic E-state index is 0. The second-order valence-electron chi connectivity index (χ2n) is 4.30. The first kappa shape index (κ1) is 14.4. The normalized spacial score (nSPS) is 12.8. The SMILES string of the molecule is Cc1sc2ccc3sc(C)[n+]4c3c2[n+]1CC4.[Br-].[Br-]. The first-order valence-electron chi connectivity index (χ1n) is 5.50. The van der Waals surface area contributed by atoms with Gasteiger partial charge in [-0.25, -0.2) is 0 Å². The minimum Gasteiger partial charge on any atom is -1.00 e. The molecule has 4 rings (SSSR count). The quantitative estimate of drug-likeness (QED) is 0.339. The molecule has 0 radical (unpaired) electrons. The summed E-state index contributed by atoms with van der Waals surface area (Å²) in [6, 6.07) is 4.55. The summed E-state index contributed by atoms with van der Waals surface area (Å²) < 4.78 is 7.82. The lowest BCUT2D eigenvalue weighted by Crippen LogP contribution is -3.00. The van der Waals surface area contributed by atoms with Gasteiger partial charge in [0.25, 0.3) is 11.0 Å². The van der Waals surface area contributed by atoms with Crippen molar-refractivity contribution in [2.24, 2.45) is 0 Å². The van der Waals surface area contributed by atoms with Crippen molar-refractivity contribution < 1.29 is 43.1 Å². The Kier molecular flexibility index (Phi) is 3.84. The second-order valence-corrected chi connectivity index (χ2v) is 6.77. The fraction of sp³-hybridized carbons (Fsp3) is 0.333. The summed E-state index contributed by atoms with van der Waals surface area (Å²) >= 11 is 3.83.